The highest BCUT2D eigenvalue weighted by Crippen LogP contribution is 2.34. The zero-order valence-electron chi connectivity index (χ0n) is 58.7. The fraction of sp³-hybridized carbons (Fsp3) is 0.838. The maximum atomic E-state index is 12.2. The summed E-state index contributed by atoms with van der Waals surface area (Å²) in [4.78, 5) is 60.1. The summed E-state index contributed by atoms with van der Waals surface area (Å²) in [6, 6.07) is 0. The normalized spacial score (nSPS) is 30.1. The van der Waals surface area contributed by atoms with Gasteiger partial charge in [0.15, 0.2) is 35.6 Å². The number of unbranched alkanes of at least 4 members (excludes halogenated alkanes) is 24. The van der Waals surface area contributed by atoms with E-state index in [1.807, 2.05) is 0 Å². The molecule has 3 saturated heterocycles. The van der Waals surface area contributed by atoms with Gasteiger partial charge in [-0.2, -0.15) is 0 Å². The van der Waals surface area contributed by atoms with Crippen molar-refractivity contribution in [2.45, 2.75) is 322 Å². The molecule has 0 spiro atoms. The number of aliphatic hydroxyl groups is 19. The highest BCUT2D eigenvalue weighted by molar-refractivity contribution is 5.90. The van der Waals surface area contributed by atoms with Gasteiger partial charge in [0.1, 0.15) is 105 Å². The summed E-state index contributed by atoms with van der Waals surface area (Å²) in [6.45, 7) is 0.447. The Balaban J connectivity index is 0.000000340. The Morgan fingerprint density at radius 1 is 0.359 bits per heavy atom. The molecule has 0 aromatic heterocycles. The fourth-order valence-electron chi connectivity index (χ4n) is 11.7. The third-order valence-electron chi connectivity index (χ3n) is 18.0. The highest BCUT2D eigenvalue weighted by atomic mass is 16.7. The number of hydrogen-bond donors (Lipinski definition) is 19. The molecule has 103 heavy (non-hydrogen) atoms. The van der Waals surface area contributed by atoms with E-state index in [1.165, 1.54) is 116 Å². The van der Waals surface area contributed by atoms with Gasteiger partial charge in [-0.05, 0) is 12.8 Å². The van der Waals surface area contributed by atoms with Crippen LogP contribution in [0, 0.1) is 0 Å². The number of carbonyl (C=O) groups excluding carboxylic acids is 5. The second kappa shape index (κ2) is 48.0. The molecule has 596 valence electrons. The van der Waals surface area contributed by atoms with Crippen molar-refractivity contribution in [2.75, 3.05) is 39.6 Å². The summed E-state index contributed by atoms with van der Waals surface area (Å²) < 4.78 is 55.4. The maximum Gasteiger partial charge on any atom is 0.378 e. The number of hydrogen-bond acceptors (Lipinski definition) is 35. The monoisotopic (exact) mass is 1490 g/mol. The predicted molar refractivity (Wildman–Crippen MR) is 351 cm³/mol. The maximum absolute atomic E-state index is 12.2. The second-order valence-corrected chi connectivity index (χ2v) is 26.3. The molecule has 35 heteroatoms. The van der Waals surface area contributed by atoms with Crippen molar-refractivity contribution >= 4 is 29.8 Å². The highest BCUT2D eigenvalue weighted by Gasteiger charge is 2.52. The van der Waals surface area contributed by atoms with Crippen LogP contribution < -0.4 is 0 Å². The Kier molecular flexibility index (Phi) is 42.0. The largest absolute Gasteiger partial charge is 0.505 e. The van der Waals surface area contributed by atoms with Crippen LogP contribution >= 0.6 is 0 Å². The first kappa shape index (κ1) is 90.0. The Bertz CT molecular complexity index is 2580. The Hall–Kier alpha value is -5.39. The average molecular weight is 1490 g/mol. The Labute approximate surface area is 597 Å². The van der Waals surface area contributed by atoms with Crippen molar-refractivity contribution < 1.29 is 173 Å². The first-order valence-corrected chi connectivity index (χ1v) is 36.0. The molecule has 6 aliphatic heterocycles. The lowest BCUT2D eigenvalue weighted by Gasteiger charge is -2.39. The zero-order valence-corrected chi connectivity index (χ0v) is 58.7. The van der Waals surface area contributed by atoms with Crippen LogP contribution in [-0.4, -0.2) is 295 Å². The van der Waals surface area contributed by atoms with Gasteiger partial charge in [0.2, 0.25) is 36.1 Å². The van der Waals surface area contributed by atoms with E-state index in [0.717, 1.165) is 38.5 Å². The van der Waals surface area contributed by atoms with Gasteiger partial charge in [-0.1, -0.05) is 168 Å². The number of rotatable bonds is 45. The SMILES string of the molecule is CCCCCCCCCCCCCCCC(=O)OC[C@H](O)[C@H]1OC(=O)C(O[C@@H]2O[C@H](CO)[C@@H](O)[C@H](O)[C@H]2O)=C1O.CCCCCCCCCCCCCCCC(=O)OC[C@H]1O[C@@H](OC2=C(O)[C@@H]([C@@H](O)CO)OC2=O)[C@H](O)[C@@H](O)[C@@H]1O.O=C1O[C@H]([C@@H](O)CO)C(O)=C1O[C@@H]1O[C@H](CO)[C@@H](O)[C@H](O)[C@H]1O. The van der Waals surface area contributed by atoms with Crippen molar-refractivity contribution in [3.05, 3.63) is 34.6 Å². The topological polar surface area (TPSA) is 571 Å². The third kappa shape index (κ3) is 28.4. The van der Waals surface area contributed by atoms with Crippen LogP contribution in [-0.2, 0) is 76.1 Å². The molecule has 6 rings (SSSR count). The quantitative estimate of drug-likeness (QED) is 0.0210. The molecular formula is C68H114O35. The molecule has 21 atom stereocenters. The molecule has 0 saturated carbocycles. The number of carbonyl (C=O) groups is 5. The second-order valence-electron chi connectivity index (χ2n) is 26.3. The smallest absolute Gasteiger partial charge is 0.378 e. The van der Waals surface area contributed by atoms with E-state index in [9.17, 15) is 106 Å². The van der Waals surface area contributed by atoms with Gasteiger partial charge in [0.05, 0.1) is 26.4 Å². The number of esters is 5. The minimum atomic E-state index is -1.83. The van der Waals surface area contributed by atoms with Crippen LogP contribution in [0.2, 0.25) is 0 Å². The van der Waals surface area contributed by atoms with Crippen LogP contribution in [0.15, 0.2) is 34.6 Å². The number of cyclic esters (lactones) is 3. The molecule has 3 fully saturated rings. The van der Waals surface area contributed by atoms with E-state index in [0.29, 0.717) is 12.8 Å². The number of ether oxygens (including phenoxy) is 11. The molecule has 0 aromatic carbocycles. The predicted octanol–water partition coefficient (Wildman–Crippen LogP) is -0.382. The first-order valence-electron chi connectivity index (χ1n) is 36.0. The molecule has 0 bridgehead atoms. The minimum Gasteiger partial charge on any atom is -0.505 e. The summed E-state index contributed by atoms with van der Waals surface area (Å²) in [7, 11) is 0. The summed E-state index contributed by atoms with van der Waals surface area (Å²) in [5.41, 5.74) is 0. The zero-order chi connectivity index (χ0) is 76.3. The van der Waals surface area contributed by atoms with Crippen molar-refractivity contribution in [3.63, 3.8) is 0 Å². The molecule has 0 aromatic rings. The van der Waals surface area contributed by atoms with E-state index in [4.69, 9.17) is 62.7 Å². The van der Waals surface area contributed by atoms with Gasteiger partial charge in [-0.15, -0.1) is 0 Å². The van der Waals surface area contributed by atoms with Crippen LogP contribution in [0.1, 0.15) is 194 Å². The van der Waals surface area contributed by atoms with Gasteiger partial charge in [-0.3, -0.25) is 9.59 Å². The first-order chi connectivity index (χ1) is 49.2. The fourth-order valence-corrected chi connectivity index (χ4v) is 11.7. The molecule has 0 unspecified atom stereocenters. The lowest BCUT2D eigenvalue weighted by Crippen LogP contribution is -2.59. The standard InChI is InChI=1S/2C28H48O12.C12H18O11/c1-2-3-4-5-6-7-8-9-10-11-12-13-14-15-20(31)37-17-18(30)25-24(35)26(27(36)39-25)40-28-23(34)22(33)21(32)19(16-29)38-28;1-2-3-4-5-6-7-8-9-10-11-12-13-14-15-20(31)37-17-19-21(32)22(33)23(34)28(38-19)40-26-24(35)25(18(30)16-29)39-27(26)36;13-1-3(15)9-8(19)10(11(20)22-9)23-12-7(18)6(17)5(16)4(2-14)21-12/h2*18-19,21-23,25,28-30,32-35H,2-17H2,1H3;3-7,9,12-19H,1-2H2/t2*18-,19+,21+,22-,23+,25+,28-;3-,4+,5+,6-,7+,9+,12-/m000/s1. The van der Waals surface area contributed by atoms with Crippen LogP contribution in [0.25, 0.3) is 0 Å². The Morgan fingerprint density at radius 2 is 0.621 bits per heavy atom. The van der Waals surface area contributed by atoms with Gasteiger partial charge in [0.25, 0.3) is 0 Å². The summed E-state index contributed by atoms with van der Waals surface area (Å²) >= 11 is 0. The molecule has 6 heterocycles. The molecule has 19 N–H and O–H groups in total. The molecule has 0 aliphatic carbocycles. The lowest BCUT2D eigenvalue weighted by atomic mass is 9.99. The van der Waals surface area contributed by atoms with Gasteiger partial charge < -0.3 is 149 Å². The van der Waals surface area contributed by atoms with Crippen molar-refractivity contribution in [1.29, 1.82) is 0 Å². The Morgan fingerprint density at radius 3 is 0.913 bits per heavy atom. The van der Waals surface area contributed by atoms with E-state index in [-0.39, 0.29) is 12.8 Å². The molecular weight excluding hydrogens is 1380 g/mol. The van der Waals surface area contributed by atoms with Crippen molar-refractivity contribution in [3.8, 4) is 0 Å². The molecule has 35 nitrogen and oxygen atoms in total. The van der Waals surface area contributed by atoms with E-state index < -0.39 is 233 Å². The lowest BCUT2D eigenvalue weighted by molar-refractivity contribution is -0.292. The van der Waals surface area contributed by atoms with Gasteiger partial charge >= 0.3 is 29.8 Å². The van der Waals surface area contributed by atoms with E-state index >= 15 is 0 Å². The third-order valence-corrected chi connectivity index (χ3v) is 18.0. The molecule has 6 aliphatic rings. The van der Waals surface area contributed by atoms with Crippen LogP contribution in [0.4, 0.5) is 0 Å². The van der Waals surface area contributed by atoms with Crippen molar-refractivity contribution in [2.24, 2.45) is 0 Å². The van der Waals surface area contributed by atoms with Crippen LogP contribution in [0.5, 0.6) is 0 Å². The van der Waals surface area contributed by atoms with Gasteiger partial charge in [-0.25, -0.2) is 14.4 Å². The van der Waals surface area contributed by atoms with E-state index in [1.54, 1.807) is 0 Å². The molecule has 0 amide bonds. The number of aliphatic hydroxyl groups excluding tert-OH is 19. The van der Waals surface area contributed by atoms with Crippen molar-refractivity contribution in [1.82, 2.24) is 0 Å². The average Bonchev–Trinajstić information content (AvgIpc) is 1.77. The summed E-state index contributed by atoms with van der Waals surface area (Å²) in [6.07, 6.45) is -2.97. The van der Waals surface area contributed by atoms with E-state index in [2.05, 4.69) is 18.6 Å². The van der Waals surface area contributed by atoms with Crippen LogP contribution in [0.3, 0.4) is 0 Å². The molecule has 0 radical (unpaired) electrons. The summed E-state index contributed by atoms with van der Waals surface area (Å²) in [5, 5.41) is 185. The minimum absolute atomic E-state index is 0.183. The van der Waals surface area contributed by atoms with Gasteiger partial charge in [0, 0.05) is 12.8 Å². The summed E-state index contributed by atoms with van der Waals surface area (Å²) in [5.74, 6) is -9.41.